The number of fused-ring (bicyclic) bond motifs is 4. The van der Waals surface area contributed by atoms with Gasteiger partial charge in [-0.1, -0.05) is 243 Å². The first-order valence-corrected chi connectivity index (χ1v) is 23.2. The van der Waals surface area contributed by atoms with Crippen molar-refractivity contribution >= 4 is 16.3 Å². The molecule has 0 bridgehead atoms. The Morgan fingerprint density at radius 1 is 0.409 bits per heavy atom. The molecule has 0 radical (unpaired) electrons. The predicted octanol–water partition coefficient (Wildman–Crippen LogP) is 18.5. The molecule has 0 heterocycles. The first kappa shape index (κ1) is 46.7. The Labute approximate surface area is 395 Å². The average molecular weight is 857 g/mol. The monoisotopic (exact) mass is 857 g/mol. The molecular weight excluding hydrogens is 793 g/mol. The van der Waals surface area contributed by atoms with Crippen LogP contribution in [0.5, 0.6) is 0 Å². The second kappa shape index (κ2) is 21.6. The number of hydrogen-bond donors (Lipinski definition) is 0. The van der Waals surface area contributed by atoms with E-state index < -0.39 is 0 Å². The van der Waals surface area contributed by atoms with Gasteiger partial charge in [0.15, 0.2) is 0 Å². The Morgan fingerprint density at radius 3 is 1.64 bits per heavy atom. The minimum atomic E-state index is 0.0760. The summed E-state index contributed by atoms with van der Waals surface area (Å²) in [5.74, 6) is 0. The van der Waals surface area contributed by atoms with Gasteiger partial charge in [-0.15, -0.1) is 0 Å². The smallest absolute Gasteiger partial charge is 0.0159 e. The molecule has 0 N–H and O–H groups in total. The molecule has 328 valence electrons. The van der Waals surface area contributed by atoms with Crippen molar-refractivity contribution in [1.29, 1.82) is 0 Å². The van der Waals surface area contributed by atoms with Crippen LogP contribution >= 0.6 is 0 Å². The Kier molecular flexibility index (Phi) is 15.3. The fraction of sp³-hybridized carbons (Fsp3) is 0.152. The summed E-state index contributed by atoms with van der Waals surface area (Å²) in [6.07, 6.45) is 13.6. The topological polar surface area (TPSA) is 0 Å². The van der Waals surface area contributed by atoms with Crippen LogP contribution in [-0.4, -0.2) is 0 Å². The molecule has 2 aliphatic rings. The van der Waals surface area contributed by atoms with Gasteiger partial charge in [0.25, 0.3) is 0 Å². The van der Waals surface area contributed by atoms with Crippen molar-refractivity contribution in [1.82, 2.24) is 0 Å². The van der Waals surface area contributed by atoms with E-state index in [1.165, 1.54) is 99.8 Å². The van der Waals surface area contributed by atoms with Crippen LogP contribution < -0.4 is 0 Å². The highest BCUT2D eigenvalue weighted by molar-refractivity contribution is 5.86. The van der Waals surface area contributed by atoms with Crippen molar-refractivity contribution in [2.75, 3.05) is 0 Å². The zero-order valence-electron chi connectivity index (χ0n) is 40.2. The van der Waals surface area contributed by atoms with Gasteiger partial charge >= 0.3 is 0 Å². The van der Waals surface area contributed by atoms with E-state index in [0.29, 0.717) is 0 Å². The van der Waals surface area contributed by atoms with Crippen LogP contribution in [0, 0.1) is 34.6 Å². The molecule has 0 spiro atoms. The zero-order valence-corrected chi connectivity index (χ0v) is 40.2. The Bertz CT molecular complexity index is 3050. The summed E-state index contributed by atoms with van der Waals surface area (Å²) >= 11 is 0. The van der Waals surface area contributed by atoms with Crippen LogP contribution in [0.1, 0.15) is 71.7 Å². The van der Waals surface area contributed by atoms with E-state index in [1.54, 1.807) is 0 Å². The van der Waals surface area contributed by atoms with E-state index >= 15 is 0 Å². The van der Waals surface area contributed by atoms with Crippen LogP contribution in [0.2, 0.25) is 0 Å². The Morgan fingerprint density at radius 2 is 0.970 bits per heavy atom. The van der Waals surface area contributed by atoms with E-state index in [-0.39, 0.29) is 5.41 Å². The van der Waals surface area contributed by atoms with Gasteiger partial charge in [-0.05, 0) is 149 Å². The lowest BCUT2D eigenvalue weighted by molar-refractivity contribution is 0.660. The maximum Gasteiger partial charge on any atom is 0.0159 e. The third kappa shape index (κ3) is 11.5. The number of benzene rings is 8. The quantitative estimate of drug-likeness (QED) is 0.166. The third-order valence-corrected chi connectivity index (χ3v) is 12.8. The molecule has 66 heavy (non-hydrogen) atoms. The molecule has 0 saturated carbocycles. The lowest BCUT2D eigenvalue weighted by Gasteiger charge is -2.22. The molecule has 0 unspecified atom stereocenters. The van der Waals surface area contributed by atoms with Crippen molar-refractivity contribution in [2.24, 2.45) is 0 Å². The minimum Gasteiger partial charge on any atom is -0.0918 e. The summed E-state index contributed by atoms with van der Waals surface area (Å²) in [6, 6.07) is 65.1. The fourth-order valence-electron chi connectivity index (χ4n) is 8.74. The molecule has 0 heteroatoms. The normalized spacial score (nSPS) is 15.8. The van der Waals surface area contributed by atoms with Gasteiger partial charge in [0.2, 0.25) is 0 Å². The van der Waals surface area contributed by atoms with E-state index in [4.69, 9.17) is 0 Å². The highest BCUT2D eigenvalue weighted by Crippen LogP contribution is 2.49. The van der Waals surface area contributed by atoms with Crippen LogP contribution in [0.3, 0.4) is 0 Å². The molecular formula is C66H64. The van der Waals surface area contributed by atoms with E-state index in [2.05, 4.69) is 256 Å². The first-order valence-electron chi connectivity index (χ1n) is 23.2. The Balaban J connectivity index is 0.000000144. The fourth-order valence-corrected chi connectivity index (χ4v) is 8.74. The van der Waals surface area contributed by atoms with Crippen LogP contribution in [-0.2, 0) is 5.41 Å². The lowest BCUT2D eigenvalue weighted by Crippen LogP contribution is -2.14. The molecule has 0 aliphatic heterocycles. The number of allylic oxidation sites excluding steroid dienone is 9. The summed E-state index contributed by atoms with van der Waals surface area (Å²) in [5.41, 5.74) is 22.4. The lowest BCUT2D eigenvalue weighted by atomic mass is 9.81. The van der Waals surface area contributed by atoms with Gasteiger partial charge < -0.3 is 0 Å². The third-order valence-electron chi connectivity index (χ3n) is 12.8. The van der Waals surface area contributed by atoms with Gasteiger partial charge in [-0.3, -0.25) is 0 Å². The predicted molar refractivity (Wildman–Crippen MR) is 289 cm³/mol. The van der Waals surface area contributed by atoms with E-state index in [1.807, 2.05) is 24.3 Å². The van der Waals surface area contributed by atoms with Gasteiger partial charge in [0, 0.05) is 5.41 Å². The van der Waals surface area contributed by atoms with Crippen molar-refractivity contribution in [3.8, 4) is 33.4 Å². The van der Waals surface area contributed by atoms with E-state index in [0.717, 1.165) is 12.0 Å². The number of aryl methyl sites for hydroxylation is 5. The van der Waals surface area contributed by atoms with Gasteiger partial charge in [0.1, 0.15) is 0 Å². The van der Waals surface area contributed by atoms with Crippen molar-refractivity contribution in [3.63, 3.8) is 0 Å². The van der Waals surface area contributed by atoms with Crippen molar-refractivity contribution < 1.29 is 0 Å². The van der Waals surface area contributed by atoms with Crippen molar-refractivity contribution in [3.05, 3.63) is 281 Å². The maximum absolute atomic E-state index is 4.07. The first-order chi connectivity index (χ1) is 31.9. The molecule has 0 atom stereocenters. The summed E-state index contributed by atoms with van der Waals surface area (Å²) in [6.45, 7) is 21.6. The SMILES string of the molecule is C=C1/C=C\C=C/C/C(c2cc(-c3ccc(C)cc3)ccc2C)=C(C)\C=C/1.Cc1ccc(-c2ccc3c(c2)C(C)(C)c2ccccc2-3)cc1.Cc1cccc2ccccc12.Cc1ccccc1. The highest BCUT2D eigenvalue weighted by atomic mass is 14.4. The molecule has 8 aromatic carbocycles. The Hall–Kier alpha value is -7.28. The maximum atomic E-state index is 4.07. The van der Waals surface area contributed by atoms with Crippen LogP contribution in [0.4, 0.5) is 0 Å². The summed E-state index contributed by atoms with van der Waals surface area (Å²) in [5, 5.41) is 2.68. The summed E-state index contributed by atoms with van der Waals surface area (Å²) < 4.78 is 0. The second-order valence-corrected chi connectivity index (χ2v) is 18.2. The standard InChI is InChI=1S/C26H26.C22H20.C11H10.C7H8/c1-19-8-6-5-7-9-25(21(3)13-10-19)26-18-24(17-14-22(26)4)23-15-11-20(2)12-16-23;1-15-8-10-16(11-9-15)17-12-13-19-18-6-4-5-7-20(18)22(2,3)21(19)14-17;1-9-5-4-7-10-6-2-3-8-11(9)10;1-7-5-3-2-4-6-7/h5-8,10-18H,1,9H2,2-4H3;4-14H,1-3H3;2-8H,1H3;2-6H,1H3/b7-5-,8-6-,13-10-,25-21+;;;. The summed E-state index contributed by atoms with van der Waals surface area (Å²) in [7, 11) is 0. The van der Waals surface area contributed by atoms with Gasteiger partial charge in [-0.2, -0.15) is 0 Å². The van der Waals surface area contributed by atoms with Gasteiger partial charge in [-0.25, -0.2) is 0 Å². The second-order valence-electron chi connectivity index (χ2n) is 18.2. The highest BCUT2D eigenvalue weighted by Gasteiger charge is 2.35. The molecule has 0 amide bonds. The molecule has 8 aromatic rings. The van der Waals surface area contributed by atoms with Crippen LogP contribution in [0.25, 0.3) is 49.7 Å². The minimum absolute atomic E-state index is 0.0760. The van der Waals surface area contributed by atoms with Crippen LogP contribution in [0.15, 0.2) is 236 Å². The molecule has 0 aromatic heterocycles. The summed E-state index contributed by atoms with van der Waals surface area (Å²) in [4.78, 5) is 0. The average Bonchev–Trinajstić information content (AvgIpc) is 3.56. The van der Waals surface area contributed by atoms with Crippen molar-refractivity contribution in [2.45, 2.75) is 67.2 Å². The van der Waals surface area contributed by atoms with E-state index in [9.17, 15) is 0 Å². The van der Waals surface area contributed by atoms with Gasteiger partial charge in [0.05, 0.1) is 0 Å². The molecule has 2 aliphatic carbocycles. The number of hydrogen-bond acceptors (Lipinski definition) is 0. The zero-order chi connectivity index (χ0) is 46.6. The molecule has 10 rings (SSSR count). The number of rotatable bonds is 3. The molecule has 0 fully saturated rings. The largest absolute Gasteiger partial charge is 0.0918 e. The molecule has 0 saturated heterocycles. The molecule has 0 nitrogen and oxygen atoms in total.